The number of aryl methyl sites for hydroxylation is 1. The standard InChI is InChI=1S/C19H14.C14H12.2C6H15N.6C2H6/c1-2-7-14(8-3-1)17-12-6-10-16-13-15-9-4-5-11-18(15)19(16)17;1-10-5-4-7-12-9-11-6-2-3-8-13(11)14(10)12;2*1-4-7(5-2)6-3;6*1-2/h1-12H,13H2;2-8H,9H2,1H3;2*4-6H2,1-3H3;6*1-2H3. The molecule has 0 atom stereocenters. The number of hydrogen-bond donors (Lipinski definition) is 0. The first-order valence-electron chi connectivity index (χ1n) is 23.9. The lowest BCUT2D eigenvalue weighted by atomic mass is 9.94. The van der Waals surface area contributed by atoms with Gasteiger partial charge in [0.1, 0.15) is 0 Å². The van der Waals surface area contributed by atoms with Crippen LogP contribution in [-0.4, -0.2) is 49.1 Å². The molecule has 59 heavy (non-hydrogen) atoms. The molecular weight excluding hydrogens is 713 g/mol. The van der Waals surface area contributed by atoms with Crippen LogP contribution < -0.4 is 0 Å². The van der Waals surface area contributed by atoms with Crippen molar-refractivity contribution in [3.63, 3.8) is 0 Å². The minimum absolute atomic E-state index is 1.06. The van der Waals surface area contributed by atoms with Gasteiger partial charge in [-0.2, -0.15) is 0 Å². The van der Waals surface area contributed by atoms with E-state index in [4.69, 9.17) is 0 Å². The van der Waals surface area contributed by atoms with Gasteiger partial charge in [-0.05, 0) is 120 Å². The third kappa shape index (κ3) is 19.8. The van der Waals surface area contributed by atoms with Gasteiger partial charge in [0.2, 0.25) is 0 Å². The Bertz CT molecular complexity index is 1640. The predicted molar refractivity (Wildman–Crippen MR) is 275 cm³/mol. The van der Waals surface area contributed by atoms with Crippen molar-refractivity contribution in [2.75, 3.05) is 39.3 Å². The van der Waals surface area contributed by atoms with Crippen LogP contribution in [0.25, 0.3) is 33.4 Å². The molecule has 0 heterocycles. The van der Waals surface area contributed by atoms with Crippen LogP contribution in [0.4, 0.5) is 0 Å². The summed E-state index contributed by atoms with van der Waals surface area (Å²) < 4.78 is 0. The third-order valence-electron chi connectivity index (χ3n) is 9.61. The van der Waals surface area contributed by atoms with E-state index >= 15 is 0 Å². The van der Waals surface area contributed by atoms with Gasteiger partial charge in [0.25, 0.3) is 0 Å². The maximum absolute atomic E-state index is 2.38. The van der Waals surface area contributed by atoms with Crippen LogP contribution in [-0.2, 0) is 12.8 Å². The van der Waals surface area contributed by atoms with Crippen LogP contribution in [0, 0.1) is 6.92 Å². The molecule has 5 aromatic rings. The molecule has 0 bridgehead atoms. The molecule has 0 aromatic heterocycles. The smallest absolute Gasteiger partial charge is 0.00132 e. The van der Waals surface area contributed by atoms with Gasteiger partial charge in [0.15, 0.2) is 0 Å². The van der Waals surface area contributed by atoms with Gasteiger partial charge in [-0.3, -0.25) is 0 Å². The van der Waals surface area contributed by atoms with Crippen molar-refractivity contribution in [3.8, 4) is 33.4 Å². The van der Waals surface area contributed by atoms with E-state index in [1.54, 1.807) is 0 Å². The molecular formula is C57H92N2. The van der Waals surface area contributed by atoms with E-state index in [0.717, 1.165) is 12.8 Å². The molecule has 2 nitrogen and oxygen atoms in total. The Kier molecular flexibility index (Phi) is 39.7. The van der Waals surface area contributed by atoms with Crippen molar-refractivity contribution in [2.45, 2.75) is 144 Å². The molecule has 330 valence electrons. The van der Waals surface area contributed by atoms with E-state index < -0.39 is 0 Å². The van der Waals surface area contributed by atoms with Crippen molar-refractivity contribution in [2.24, 2.45) is 0 Å². The first-order chi connectivity index (χ1) is 29.0. The summed E-state index contributed by atoms with van der Waals surface area (Å²) in [7, 11) is 0. The quantitative estimate of drug-likeness (QED) is 0.158. The monoisotopic (exact) mass is 805 g/mol. The molecule has 7 rings (SSSR count). The van der Waals surface area contributed by atoms with Gasteiger partial charge in [-0.25, -0.2) is 0 Å². The zero-order chi connectivity index (χ0) is 45.6. The molecule has 0 N–H and O–H groups in total. The van der Waals surface area contributed by atoms with Gasteiger partial charge in [-0.15, -0.1) is 0 Å². The average molecular weight is 805 g/mol. The van der Waals surface area contributed by atoms with Gasteiger partial charge in [0.05, 0.1) is 0 Å². The van der Waals surface area contributed by atoms with Crippen molar-refractivity contribution < 1.29 is 0 Å². The second-order valence-corrected chi connectivity index (χ2v) is 12.2. The third-order valence-corrected chi connectivity index (χ3v) is 9.61. The molecule has 0 radical (unpaired) electrons. The second kappa shape index (κ2) is 39.5. The molecule has 0 fully saturated rings. The second-order valence-electron chi connectivity index (χ2n) is 12.2. The normalized spacial score (nSPS) is 9.85. The molecule has 0 saturated heterocycles. The predicted octanol–water partition coefficient (Wildman–Crippen LogP) is 17.3. The van der Waals surface area contributed by atoms with E-state index in [-0.39, 0.29) is 0 Å². The lowest BCUT2D eigenvalue weighted by Crippen LogP contribution is -2.21. The van der Waals surface area contributed by atoms with E-state index in [0.29, 0.717) is 0 Å². The van der Waals surface area contributed by atoms with Crippen molar-refractivity contribution in [3.05, 3.63) is 143 Å². The van der Waals surface area contributed by atoms with E-state index in [1.807, 2.05) is 83.1 Å². The summed E-state index contributed by atoms with van der Waals surface area (Å²) in [5.74, 6) is 0. The Morgan fingerprint density at radius 1 is 0.322 bits per heavy atom. The number of fused-ring (bicyclic) bond motifs is 6. The minimum atomic E-state index is 1.06. The Hall–Kier alpha value is -3.98. The highest BCUT2D eigenvalue weighted by atomic mass is 15.1. The van der Waals surface area contributed by atoms with E-state index in [2.05, 4.69) is 174 Å². The molecule has 5 aromatic carbocycles. The SMILES string of the molecule is CC.CC.CC.CC.CC.CC.CCN(CC)CC.CCN(CC)CC.Cc1cccc2c1-c1ccccc1C2.c1ccc(-c2cccc3c2-c2ccccc2C3)cc1. The maximum Gasteiger partial charge on any atom is -0.00132 e. The first kappa shape index (κ1) is 59.3. The lowest BCUT2D eigenvalue weighted by Gasteiger charge is -2.13. The van der Waals surface area contributed by atoms with Gasteiger partial charge >= 0.3 is 0 Å². The highest BCUT2D eigenvalue weighted by Gasteiger charge is 2.21. The highest BCUT2D eigenvalue weighted by molar-refractivity contribution is 5.90. The van der Waals surface area contributed by atoms with Crippen LogP contribution in [0.3, 0.4) is 0 Å². The summed E-state index contributed by atoms with van der Waals surface area (Å²) >= 11 is 0. The maximum atomic E-state index is 2.38. The average Bonchev–Trinajstić information content (AvgIpc) is 3.92. The first-order valence-corrected chi connectivity index (χ1v) is 23.9. The van der Waals surface area contributed by atoms with Gasteiger partial charge < -0.3 is 9.80 Å². The highest BCUT2D eigenvalue weighted by Crippen LogP contribution is 2.42. The molecule has 0 amide bonds. The van der Waals surface area contributed by atoms with Crippen molar-refractivity contribution in [1.29, 1.82) is 0 Å². The Morgan fingerprint density at radius 2 is 0.627 bits per heavy atom. The largest absolute Gasteiger partial charge is 0.304 e. The van der Waals surface area contributed by atoms with Crippen molar-refractivity contribution in [1.82, 2.24) is 9.80 Å². The Balaban J connectivity index is -0.000000695. The number of benzene rings is 5. The van der Waals surface area contributed by atoms with Crippen LogP contribution in [0.2, 0.25) is 0 Å². The van der Waals surface area contributed by atoms with E-state index in [1.165, 1.54) is 100 Å². The molecule has 2 heteroatoms. The minimum Gasteiger partial charge on any atom is -0.304 e. The molecule has 0 spiro atoms. The lowest BCUT2D eigenvalue weighted by molar-refractivity contribution is 0.321. The Labute approximate surface area is 368 Å². The van der Waals surface area contributed by atoms with Crippen LogP contribution >= 0.6 is 0 Å². The summed E-state index contributed by atoms with van der Waals surface area (Å²) in [4.78, 5) is 4.75. The van der Waals surface area contributed by atoms with Crippen LogP contribution in [0.15, 0.2) is 115 Å². The fourth-order valence-corrected chi connectivity index (χ4v) is 6.77. The Morgan fingerprint density at radius 3 is 1.02 bits per heavy atom. The van der Waals surface area contributed by atoms with E-state index in [9.17, 15) is 0 Å². The topological polar surface area (TPSA) is 6.48 Å². The zero-order valence-electron chi connectivity index (χ0n) is 42.0. The zero-order valence-corrected chi connectivity index (χ0v) is 42.0. The molecule has 0 unspecified atom stereocenters. The molecule has 0 aliphatic heterocycles. The summed E-state index contributed by atoms with van der Waals surface area (Å²) in [6, 6.07) is 41.4. The molecule has 2 aliphatic carbocycles. The van der Waals surface area contributed by atoms with Crippen LogP contribution in [0.5, 0.6) is 0 Å². The fraction of sp³-hybridized carbons (Fsp3) is 0.474. The number of nitrogens with zero attached hydrogens (tertiary/aromatic N) is 2. The van der Waals surface area contributed by atoms with Crippen LogP contribution in [0.1, 0.15) is 152 Å². The van der Waals surface area contributed by atoms with Crippen molar-refractivity contribution >= 4 is 0 Å². The fourth-order valence-electron chi connectivity index (χ4n) is 6.77. The molecule has 2 aliphatic rings. The number of rotatable bonds is 7. The summed E-state index contributed by atoms with van der Waals surface area (Å²) in [5, 5.41) is 0. The number of hydrogen-bond acceptors (Lipinski definition) is 2. The summed E-state index contributed by atoms with van der Waals surface area (Å²) in [6.07, 6.45) is 2.17. The van der Waals surface area contributed by atoms with Gasteiger partial charge in [0, 0.05) is 0 Å². The molecule has 0 saturated carbocycles. The van der Waals surface area contributed by atoms with Gasteiger partial charge in [-0.1, -0.05) is 240 Å². The summed E-state index contributed by atoms with van der Waals surface area (Å²) in [6.45, 7) is 46.4. The summed E-state index contributed by atoms with van der Waals surface area (Å²) in [5.41, 5.74) is 15.6.